The van der Waals surface area contributed by atoms with E-state index in [2.05, 4.69) is 26.8 Å². The van der Waals surface area contributed by atoms with Gasteiger partial charge in [0.2, 0.25) is 0 Å². The molecule has 0 radical (unpaired) electrons. The Morgan fingerprint density at radius 1 is 1.11 bits per heavy atom. The van der Waals surface area contributed by atoms with Crippen LogP contribution in [0.25, 0.3) is 0 Å². The topological polar surface area (TPSA) is 37.3 Å². The van der Waals surface area contributed by atoms with Crippen LogP contribution < -0.4 is 0 Å². The molecular formula is C26H40O2. The maximum Gasteiger partial charge on any atom is 0.155 e. The molecular weight excluding hydrogens is 344 g/mol. The number of hydrogen-bond donors (Lipinski definition) is 1. The highest BCUT2D eigenvalue weighted by molar-refractivity contribution is 5.91. The van der Waals surface area contributed by atoms with Gasteiger partial charge in [-0.25, -0.2) is 0 Å². The van der Waals surface area contributed by atoms with E-state index in [1.54, 1.807) is 0 Å². The maximum absolute atomic E-state index is 12.0. The molecule has 4 aliphatic carbocycles. The number of ketones is 1. The minimum Gasteiger partial charge on any atom is -0.386 e. The van der Waals surface area contributed by atoms with E-state index in [0.29, 0.717) is 17.1 Å². The van der Waals surface area contributed by atoms with Crippen LogP contribution in [-0.2, 0) is 4.79 Å². The smallest absolute Gasteiger partial charge is 0.155 e. The molecule has 4 rings (SSSR count). The maximum atomic E-state index is 12.0. The van der Waals surface area contributed by atoms with E-state index < -0.39 is 5.60 Å². The first-order chi connectivity index (χ1) is 13.0. The molecule has 0 saturated heterocycles. The van der Waals surface area contributed by atoms with Gasteiger partial charge >= 0.3 is 0 Å². The van der Waals surface area contributed by atoms with Crippen molar-refractivity contribution in [1.82, 2.24) is 0 Å². The minimum atomic E-state index is -0.718. The van der Waals surface area contributed by atoms with E-state index in [9.17, 15) is 9.90 Å². The molecule has 0 aromatic rings. The second-order valence-corrected chi connectivity index (χ2v) is 11.6. The third-order valence-electron chi connectivity index (χ3n) is 9.48. The zero-order valence-electron chi connectivity index (χ0n) is 18.6. The van der Waals surface area contributed by atoms with E-state index in [0.717, 1.165) is 42.9 Å². The highest BCUT2D eigenvalue weighted by Gasteiger charge is 2.59. The van der Waals surface area contributed by atoms with Crippen molar-refractivity contribution >= 4 is 5.78 Å². The van der Waals surface area contributed by atoms with Gasteiger partial charge in [0.05, 0.1) is 5.60 Å². The molecule has 3 saturated carbocycles. The zero-order chi connectivity index (χ0) is 20.3. The normalized spacial score (nSPS) is 44.6. The van der Waals surface area contributed by atoms with Crippen LogP contribution in [0.3, 0.4) is 0 Å². The van der Waals surface area contributed by atoms with Gasteiger partial charge in [-0.05, 0) is 105 Å². The summed E-state index contributed by atoms with van der Waals surface area (Å²) in [5.41, 5.74) is 1.48. The standard InChI is InChI=1S/C26H40O2/c1-17(10-13-24(2,3)28)21-8-9-22-20-7-6-18-16-19(27)11-14-25(18,4)23(20)12-15-26(21,22)5/h10,13,16-17,20-23,28H,6-9,11-12,14-15H2,1-5H3/b13-10+/t17?,20-,21?,22?,23?,25-,26+/m0/s1. The Balaban J connectivity index is 1.56. The van der Waals surface area contributed by atoms with Crippen LogP contribution in [-0.4, -0.2) is 16.5 Å². The summed E-state index contributed by atoms with van der Waals surface area (Å²) >= 11 is 0. The Kier molecular flexibility index (Phi) is 4.97. The highest BCUT2D eigenvalue weighted by atomic mass is 16.3. The number of carbonyl (C=O) groups is 1. The lowest BCUT2D eigenvalue weighted by molar-refractivity contribution is -0.117. The average Bonchev–Trinajstić information content (AvgIpc) is 2.97. The van der Waals surface area contributed by atoms with Gasteiger partial charge in [-0.15, -0.1) is 0 Å². The molecule has 4 aliphatic rings. The molecule has 0 bridgehead atoms. The van der Waals surface area contributed by atoms with Crippen molar-refractivity contribution in [2.24, 2.45) is 40.4 Å². The zero-order valence-corrected chi connectivity index (χ0v) is 18.6. The van der Waals surface area contributed by atoms with Crippen LogP contribution in [0.15, 0.2) is 23.8 Å². The van der Waals surface area contributed by atoms with E-state index in [1.807, 2.05) is 26.0 Å². The Hall–Kier alpha value is -0.890. The van der Waals surface area contributed by atoms with E-state index in [1.165, 1.54) is 37.7 Å². The van der Waals surface area contributed by atoms with Gasteiger partial charge in [-0.3, -0.25) is 4.79 Å². The summed E-state index contributed by atoms with van der Waals surface area (Å²) in [6.07, 6.45) is 15.9. The summed E-state index contributed by atoms with van der Waals surface area (Å²) in [5, 5.41) is 10.1. The Labute approximate surface area is 171 Å². The fraction of sp³-hybridized carbons (Fsp3) is 0.808. The molecule has 0 amide bonds. The van der Waals surface area contributed by atoms with Gasteiger partial charge < -0.3 is 5.11 Å². The predicted molar refractivity (Wildman–Crippen MR) is 115 cm³/mol. The fourth-order valence-electron chi connectivity index (χ4n) is 7.98. The molecule has 0 aromatic heterocycles. The average molecular weight is 385 g/mol. The summed E-state index contributed by atoms with van der Waals surface area (Å²) in [6.45, 7) is 11.2. The molecule has 0 spiro atoms. The SMILES string of the molecule is CC(/C=C/C(C)(C)O)C1CCC2[C@@H]3CCC4=CC(=O)CC[C@]4(C)C3CC[C@]12C. The van der Waals surface area contributed by atoms with E-state index in [-0.39, 0.29) is 5.41 Å². The van der Waals surface area contributed by atoms with Crippen LogP contribution >= 0.6 is 0 Å². The van der Waals surface area contributed by atoms with Crippen molar-refractivity contribution in [3.8, 4) is 0 Å². The lowest BCUT2D eigenvalue weighted by Crippen LogP contribution is -2.50. The molecule has 0 heterocycles. The summed E-state index contributed by atoms with van der Waals surface area (Å²) < 4.78 is 0. The summed E-state index contributed by atoms with van der Waals surface area (Å²) in [7, 11) is 0. The Morgan fingerprint density at radius 2 is 1.86 bits per heavy atom. The predicted octanol–water partition coefficient (Wildman–Crippen LogP) is 6.10. The molecule has 2 heteroatoms. The molecule has 0 aliphatic heterocycles. The first-order valence-electron chi connectivity index (χ1n) is 11.7. The van der Waals surface area contributed by atoms with Crippen LogP contribution in [0, 0.1) is 40.4 Å². The first-order valence-corrected chi connectivity index (χ1v) is 11.7. The van der Waals surface area contributed by atoms with Gasteiger partial charge in [0.1, 0.15) is 0 Å². The third-order valence-corrected chi connectivity index (χ3v) is 9.48. The quantitative estimate of drug-likeness (QED) is 0.597. The summed E-state index contributed by atoms with van der Waals surface area (Å²) in [6, 6.07) is 0. The molecule has 7 atom stereocenters. The molecule has 0 aromatic carbocycles. The monoisotopic (exact) mass is 384 g/mol. The van der Waals surface area contributed by atoms with Gasteiger partial charge in [-0.1, -0.05) is 38.5 Å². The Bertz CT molecular complexity index is 696. The van der Waals surface area contributed by atoms with E-state index in [4.69, 9.17) is 0 Å². The molecule has 156 valence electrons. The van der Waals surface area contributed by atoms with Gasteiger partial charge in [0.25, 0.3) is 0 Å². The first kappa shape index (κ1) is 20.4. The van der Waals surface area contributed by atoms with Crippen molar-refractivity contribution < 1.29 is 9.90 Å². The van der Waals surface area contributed by atoms with Crippen molar-refractivity contribution in [2.75, 3.05) is 0 Å². The van der Waals surface area contributed by atoms with Crippen molar-refractivity contribution in [1.29, 1.82) is 0 Å². The number of fused-ring (bicyclic) bond motifs is 5. The second kappa shape index (κ2) is 6.83. The Morgan fingerprint density at radius 3 is 2.57 bits per heavy atom. The number of aliphatic hydroxyl groups is 1. The summed E-state index contributed by atoms with van der Waals surface area (Å²) in [5.74, 6) is 4.07. The minimum absolute atomic E-state index is 0.280. The van der Waals surface area contributed by atoms with Crippen LogP contribution in [0.5, 0.6) is 0 Å². The van der Waals surface area contributed by atoms with Crippen molar-refractivity contribution in [3.63, 3.8) is 0 Å². The van der Waals surface area contributed by atoms with Crippen molar-refractivity contribution in [3.05, 3.63) is 23.8 Å². The number of hydrogen-bond acceptors (Lipinski definition) is 2. The van der Waals surface area contributed by atoms with Gasteiger partial charge in [0, 0.05) is 6.42 Å². The molecule has 3 fully saturated rings. The van der Waals surface area contributed by atoms with Crippen LogP contribution in [0.2, 0.25) is 0 Å². The molecule has 28 heavy (non-hydrogen) atoms. The second-order valence-electron chi connectivity index (χ2n) is 11.6. The van der Waals surface area contributed by atoms with Crippen LogP contribution in [0.4, 0.5) is 0 Å². The lowest BCUT2D eigenvalue weighted by atomic mass is 9.46. The van der Waals surface area contributed by atoms with Crippen LogP contribution in [0.1, 0.15) is 86.0 Å². The highest BCUT2D eigenvalue weighted by Crippen LogP contribution is 2.67. The van der Waals surface area contributed by atoms with Gasteiger partial charge in [-0.2, -0.15) is 0 Å². The number of carbonyl (C=O) groups excluding carboxylic acids is 1. The molecule has 2 nitrogen and oxygen atoms in total. The molecule has 1 N–H and O–H groups in total. The number of rotatable bonds is 3. The number of allylic oxidation sites excluding steroid dienone is 2. The largest absolute Gasteiger partial charge is 0.386 e. The lowest BCUT2D eigenvalue weighted by Gasteiger charge is -2.58. The fourth-order valence-corrected chi connectivity index (χ4v) is 7.98. The van der Waals surface area contributed by atoms with E-state index >= 15 is 0 Å². The summed E-state index contributed by atoms with van der Waals surface area (Å²) in [4.78, 5) is 12.0. The van der Waals surface area contributed by atoms with Crippen molar-refractivity contribution in [2.45, 2.75) is 91.6 Å². The third kappa shape index (κ3) is 3.24. The van der Waals surface area contributed by atoms with Gasteiger partial charge in [0.15, 0.2) is 5.78 Å². The molecule has 4 unspecified atom stereocenters.